The number of hydrogen-bond acceptors (Lipinski definition) is 4. The molecule has 2 rings (SSSR count). The molecule has 1 N–H and O–H groups in total. The first-order valence-electron chi connectivity index (χ1n) is 6.94. The van der Waals surface area contributed by atoms with Crippen molar-refractivity contribution in [3.8, 4) is 0 Å². The molecular formula is C15H11F4NO3S2. The van der Waals surface area contributed by atoms with Gasteiger partial charge in [-0.05, 0) is 24.6 Å². The van der Waals surface area contributed by atoms with E-state index in [-0.39, 0.29) is 28.6 Å². The van der Waals surface area contributed by atoms with Gasteiger partial charge in [0.1, 0.15) is 10.1 Å². The van der Waals surface area contributed by atoms with Crippen LogP contribution in [0, 0.1) is 5.82 Å². The second-order valence-electron chi connectivity index (χ2n) is 5.03. The van der Waals surface area contributed by atoms with Crippen LogP contribution in [0.2, 0.25) is 0 Å². The molecule has 0 saturated carbocycles. The Hall–Kier alpha value is -1.94. The van der Waals surface area contributed by atoms with Gasteiger partial charge < -0.3 is 5.11 Å². The lowest BCUT2D eigenvalue weighted by Crippen LogP contribution is -2.29. The van der Waals surface area contributed by atoms with Crippen LogP contribution in [0.1, 0.15) is 24.0 Å². The molecule has 1 aromatic carbocycles. The average Bonchev–Trinajstić information content (AvgIpc) is 2.75. The standard InChI is InChI=1S/C15H11F4NO3S2/c16-10-4-1-3-9(15(17,18)19)8(10)7-11-13(23)20(14(24)25-11)6-2-5-12(21)22/h1,3-4,7H,2,5-6H2,(H,21,22)/b11-7-. The molecule has 0 atom stereocenters. The number of carboxylic acid groups (broad SMARTS) is 1. The maximum Gasteiger partial charge on any atom is 0.417 e. The van der Waals surface area contributed by atoms with Gasteiger partial charge in [0.25, 0.3) is 5.91 Å². The van der Waals surface area contributed by atoms with Crippen LogP contribution in [0.4, 0.5) is 17.6 Å². The molecule has 0 spiro atoms. The van der Waals surface area contributed by atoms with Gasteiger partial charge in [0, 0.05) is 18.5 Å². The second-order valence-corrected chi connectivity index (χ2v) is 6.71. The molecular weight excluding hydrogens is 382 g/mol. The molecule has 0 aliphatic carbocycles. The number of halogens is 4. The Balaban J connectivity index is 2.30. The van der Waals surface area contributed by atoms with Crippen molar-refractivity contribution in [2.75, 3.05) is 6.54 Å². The fourth-order valence-electron chi connectivity index (χ4n) is 2.14. The van der Waals surface area contributed by atoms with Crippen LogP contribution in [-0.4, -0.2) is 32.7 Å². The third-order valence-electron chi connectivity index (χ3n) is 3.28. The number of nitrogens with zero attached hydrogens (tertiary/aromatic N) is 1. The second kappa shape index (κ2) is 7.52. The first-order valence-corrected chi connectivity index (χ1v) is 8.16. The normalized spacial score (nSPS) is 16.8. The van der Waals surface area contributed by atoms with Gasteiger partial charge in [-0.3, -0.25) is 14.5 Å². The molecule has 0 radical (unpaired) electrons. The molecule has 1 fully saturated rings. The van der Waals surface area contributed by atoms with E-state index in [0.29, 0.717) is 0 Å². The molecule has 25 heavy (non-hydrogen) atoms. The van der Waals surface area contributed by atoms with E-state index in [4.69, 9.17) is 17.3 Å². The lowest BCUT2D eigenvalue weighted by molar-refractivity contribution is -0.138. The molecule has 1 aliphatic rings. The van der Waals surface area contributed by atoms with Gasteiger partial charge in [-0.25, -0.2) is 4.39 Å². The van der Waals surface area contributed by atoms with E-state index in [2.05, 4.69) is 0 Å². The number of thioether (sulfide) groups is 1. The summed E-state index contributed by atoms with van der Waals surface area (Å²) in [5, 5.41) is 8.60. The van der Waals surface area contributed by atoms with Gasteiger partial charge in [0.15, 0.2) is 0 Å². The summed E-state index contributed by atoms with van der Waals surface area (Å²) in [5.41, 5.74) is -1.93. The van der Waals surface area contributed by atoms with Crippen molar-refractivity contribution in [2.45, 2.75) is 19.0 Å². The fraction of sp³-hybridized carbons (Fsp3) is 0.267. The maximum absolute atomic E-state index is 13.9. The summed E-state index contributed by atoms with van der Waals surface area (Å²) in [4.78, 5) is 23.7. The van der Waals surface area contributed by atoms with Crippen molar-refractivity contribution in [3.05, 3.63) is 40.0 Å². The van der Waals surface area contributed by atoms with E-state index in [1.54, 1.807) is 0 Å². The number of amides is 1. The highest BCUT2D eigenvalue weighted by molar-refractivity contribution is 8.26. The molecule has 134 valence electrons. The van der Waals surface area contributed by atoms with Crippen molar-refractivity contribution in [1.29, 1.82) is 0 Å². The predicted octanol–water partition coefficient (Wildman–Crippen LogP) is 3.91. The Morgan fingerprint density at radius 2 is 2.04 bits per heavy atom. The molecule has 4 nitrogen and oxygen atoms in total. The highest BCUT2D eigenvalue weighted by atomic mass is 32.2. The largest absolute Gasteiger partial charge is 0.481 e. The van der Waals surface area contributed by atoms with Gasteiger partial charge >= 0.3 is 12.1 Å². The quantitative estimate of drug-likeness (QED) is 0.467. The lowest BCUT2D eigenvalue weighted by atomic mass is 10.1. The molecule has 0 bridgehead atoms. The number of thiocarbonyl (C=S) groups is 1. The minimum absolute atomic E-state index is 0.0255. The van der Waals surface area contributed by atoms with Crippen LogP contribution in [0.5, 0.6) is 0 Å². The third-order valence-corrected chi connectivity index (χ3v) is 4.66. The van der Waals surface area contributed by atoms with E-state index in [0.717, 1.165) is 40.9 Å². The number of rotatable bonds is 5. The molecule has 1 saturated heterocycles. The number of carbonyl (C=O) groups is 2. The monoisotopic (exact) mass is 393 g/mol. The summed E-state index contributed by atoms with van der Waals surface area (Å²) in [6.45, 7) is 0.0255. The van der Waals surface area contributed by atoms with Crippen LogP contribution in [0.25, 0.3) is 6.08 Å². The fourth-order valence-corrected chi connectivity index (χ4v) is 3.43. The van der Waals surface area contributed by atoms with Crippen molar-refractivity contribution in [1.82, 2.24) is 4.90 Å². The molecule has 1 aliphatic heterocycles. The Labute approximate surface area is 149 Å². The Kier molecular flexibility index (Phi) is 5.83. The number of benzene rings is 1. The van der Waals surface area contributed by atoms with Gasteiger partial charge in [-0.2, -0.15) is 13.2 Å². The molecule has 0 unspecified atom stereocenters. The summed E-state index contributed by atoms with van der Waals surface area (Å²) in [7, 11) is 0. The number of carbonyl (C=O) groups excluding carboxylic acids is 1. The van der Waals surface area contributed by atoms with Gasteiger partial charge in [-0.1, -0.05) is 30.0 Å². The average molecular weight is 393 g/mol. The minimum atomic E-state index is -4.78. The zero-order valence-electron chi connectivity index (χ0n) is 12.5. The third kappa shape index (κ3) is 4.57. The van der Waals surface area contributed by atoms with E-state index in [1.807, 2.05) is 0 Å². The number of aliphatic carboxylic acids is 1. The summed E-state index contributed by atoms with van der Waals surface area (Å²) in [5.74, 6) is -2.81. The van der Waals surface area contributed by atoms with Crippen LogP contribution in [0.15, 0.2) is 23.1 Å². The molecule has 0 aromatic heterocycles. The first-order chi connectivity index (χ1) is 11.6. The topological polar surface area (TPSA) is 57.6 Å². The summed E-state index contributed by atoms with van der Waals surface area (Å²) in [6, 6.07) is 2.53. The van der Waals surface area contributed by atoms with Gasteiger partial charge in [0.05, 0.1) is 10.5 Å². The first kappa shape index (κ1) is 19.4. The molecule has 1 aromatic rings. The lowest BCUT2D eigenvalue weighted by Gasteiger charge is -2.13. The zero-order valence-corrected chi connectivity index (χ0v) is 14.1. The van der Waals surface area contributed by atoms with Gasteiger partial charge in [0.2, 0.25) is 0 Å². The molecule has 10 heteroatoms. The van der Waals surface area contributed by atoms with Crippen molar-refractivity contribution >= 4 is 46.3 Å². The zero-order chi connectivity index (χ0) is 18.8. The summed E-state index contributed by atoms with van der Waals surface area (Å²) < 4.78 is 53.0. The SMILES string of the molecule is O=C(O)CCCN1C(=O)/C(=C/c2c(F)cccc2C(F)(F)F)SC1=S. The van der Waals surface area contributed by atoms with E-state index >= 15 is 0 Å². The summed E-state index contributed by atoms with van der Waals surface area (Å²) >= 11 is 5.74. The molecule has 1 amide bonds. The van der Waals surface area contributed by atoms with Crippen LogP contribution < -0.4 is 0 Å². The van der Waals surface area contributed by atoms with E-state index < -0.39 is 35.0 Å². The number of alkyl halides is 3. The van der Waals surface area contributed by atoms with Crippen molar-refractivity contribution in [3.63, 3.8) is 0 Å². The van der Waals surface area contributed by atoms with Crippen LogP contribution in [0.3, 0.4) is 0 Å². The molecule has 1 heterocycles. The Morgan fingerprint density at radius 3 is 2.64 bits per heavy atom. The number of hydrogen-bond donors (Lipinski definition) is 1. The van der Waals surface area contributed by atoms with E-state index in [9.17, 15) is 27.2 Å². The van der Waals surface area contributed by atoms with Crippen molar-refractivity contribution in [2.24, 2.45) is 0 Å². The van der Waals surface area contributed by atoms with E-state index in [1.165, 1.54) is 0 Å². The Morgan fingerprint density at radius 1 is 1.36 bits per heavy atom. The highest BCUT2D eigenvalue weighted by Crippen LogP contribution is 2.37. The van der Waals surface area contributed by atoms with Gasteiger partial charge in [-0.15, -0.1) is 0 Å². The number of carboxylic acids is 1. The van der Waals surface area contributed by atoms with Crippen molar-refractivity contribution < 1.29 is 32.3 Å². The summed E-state index contributed by atoms with van der Waals surface area (Å²) in [6.07, 6.45) is -3.98. The smallest absolute Gasteiger partial charge is 0.417 e. The minimum Gasteiger partial charge on any atom is -0.481 e. The predicted molar refractivity (Wildman–Crippen MR) is 88.2 cm³/mol. The maximum atomic E-state index is 13.9. The Bertz CT molecular complexity index is 762. The van der Waals surface area contributed by atoms with Crippen LogP contribution >= 0.6 is 24.0 Å². The highest BCUT2D eigenvalue weighted by Gasteiger charge is 2.36. The van der Waals surface area contributed by atoms with Crippen LogP contribution in [-0.2, 0) is 15.8 Å².